The van der Waals surface area contributed by atoms with Crippen LogP contribution in [0.25, 0.3) is 11.1 Å². The first kappa shape index (κ1) is 19.3. The lowest BCUT2D eigenvalue weighted by atomic mass is 10.0. The van der Waals surface area contributed by atoms with E-state index in [-0.39, 0.29) is 12.0 Å². The zero-order valence-corrected chi connectivity index (χ0v) is 15.7. The van der Waals surface area contributed by atoms with Crippen LogP contribution in [0.4, 0.5) is 5.00 Å². The van der Waals surface area contributed by atoms with Crippen molar-refractivity contribution in [1.29, 1.82) is 0 Å². The first-order valence-corrected chi connectivity index (χ1v) is 9.38. The van der Waals surface area contributed by atoms with Crippen molar-refractivity contribution in [3.05, 3.63) is 77.2 Å². The van der Waals surface area contributed by atoms with Gasteiger partial charge in [-0.1, -0.05) is 54.6 Å². The summed E-state index contributed by atoms with van der Waals surface area (Å²) in [5.41, 5.74) is 8.39. The predicted molar refractivity (Wildman–Crippen MR) is 108 cm³/mol. The Kier molecular flexibility index (Phi) is 6.18. The molecule has 2 aromatic carbocycles. The van der Waals surface area contributed by atoms with Gasteiger partial charge in [-0.25, -0.2) is 0 Å². The summed E-state index contributed by atoms with van der Waals surface area (Å²) in [7, 11) is 0. The molecule has 142 valence electrons. The molecule has 0 saturated heterocycles. The fourth-order valence-corrected chi connectivity index (χ4v) is 3.38. The van der Waals surface area contributed by atoms with Crippen molar-refractivity contribution >= 4 is 34.1 Å². The highest BCUT2D eigenvalue weighted by molar-refractivity contribution is 7.14. The average molecular weight is 394 g/mol. The number of hydrogen-bond acceptors (Lipinski definition) is 5. The Morgan fingerprint density at radius 1 is 0.929 bits per heavy atom. The Morgan fingerprint density at radius 2 is 1.61 bits per heavy atom. The number of nitrogens with two attached hydrogens (primary N) is 1. The van der Waals surface area contributed by atoms with Crippen LogP contribution in [0.5, 0.6) is 0 Å². The normalized spacial score (nSPS) is 10.3. The molecular weight excluding hydrogens is 376 g/mol. The molecule has 28 heavy (non-hydrogen) atoms. The SMILES string of the molecule is NC(=O)c1ccsc1NC(=O)COC(=O)Cc1ccc(-c2ccccc2)cc1. The van der Waals surface area contributed by atoms with E-state index in [4.69, 9.17) is 10.5 Å². The van der Waals surface area contributed by atoms with Gasteiger partial charge in [0.05, 0.1) is 12.0 Å². The van der Waals surface area contributed by atoms with Crippen molar-refractivity contribution in [2.75, 3.05) is 11.9 Å². The molecule has 3 N–H and O–H groups in total. The van der Waals surface area contributed by atoms with Gasteiger partial charge in [0.1, 0.15) is 5.00 Å². The molecule has 0 aliphatic rings. The van der Waals surface area contributed by atoms with Crippen LogP contribution in [0, 0.1) is 0 Å². The maximum Gasteiger partial charge on any atom is 0.310 e. The second-order valence-electron chi connectivity index (χ2n) is 5.98. The number of rotatable bonds is 7. The number of benzene rings is 2. The molecule has 0 aliphatic carbocycles. The molecule has 3 aromatic rings. The Balaban J connectivity index is 1.49. The third-order valence-electron chi connectivity index (χ3n) is 3.96. The number of carbonyl (C=O) groups excluding carboxylic acids is 3. The lowest BCUT2D eigenvalue weighted by Crippen LogP contribution is -2.22. The highest BCUT2D eigenvalue weighted by Gasteiger charge is 2.14. The van der Waals surface area contributed by atoms with Gasteiger partial charge >= 0.3 is 5.97 Å². The summed E-state index contributed by atoms with van der Waals surface area (Å²) in [5, 5.41) is 4.50. The zero-order chi connectivity index (χ0) is 19.9. The minimum atomic E-state index is -0.632. The van der Waals surface area contributed by atoms with Crippen molar-refractivity contribution < 1.29 is 19.1 Å². The van der Waals surface area contributed by atoms with Gasteiger partial charge in [-0.2, -0.15) is 0 Å². The monoisotopic (exact) mass is 394 g/mol. The topological polar surface area (TPSA) is 98.5 Å². The number of primary amides is 1. The van der Waals surface area contributed by atoms with E-state index >= 15 is 0 Å². The van der Waals surface area contributed by atoms with Crippen LogP contribution >= 0.6 is 11.3 Å². The maximum absolute atomic E-state index is 12.0. The van der Waals surface area contributed by atoms with Crippen LogP contribution in [0.1, 0.15) is 15.9 Å². The summed E-state index contributed by atoms with van der Waals surface area (Å²) in [5.74, 6) is -1.67. The maximum atomic E-state index is 12.0. The Hall–Kier alpha value is -3.45. The summed E-state index contributed by atoms with van der Waals surface area (Å²) < 4.78 is 5.01. The number of amides is 2. The fraction of sp³-hybridized carbons (Fsp3) is 0.0952. The minimum absolute atomic E-state index is 0.0634. The molecular formula is C21H18N2O4S. The predicted octanol–water partition coefficient (Wildman–Crippen LogP) is 3.24. The van der Waals surface area contributed by atoms with Crippen LogP contribution in [0.2, 0.25) is 0 Å². The van der Waals surface area contributed by atoms with Gasteiger partial charge in [-0.05, 0) is 28.1 Å². The van der Waals surface area contributed by atoms with Crippen LogP contribution < -0.4 is 11.1 Å². The molecule has 0 atom stereocenters. The Labute approximate surface area is 165 Å². The first-order valence-electron chi connectivity index (χ1n) is 8.50. The van der Waals surface area contributed by atoms with Gasteiger partial charge < -0.3 is 15.8 Å². The highest BCUT2D eigenvalue weighted by Crippen LogP contribution is 2.22. The van der Waals surface area contributed by atoms with Crippen molar-refractivity contribution in [2.45, 2.75) is 6.42 Å². The number of anilines is 1. The largest absolute Gasteiger partial charge is 0.455 e. The standard InChI is InChI=1S/C21H18N2O4S/c22-20(26)17-10-11-28-21(17)23-18(24)13-27-19(25)12-14-6-8-16(9-7-14)15-4-2-1-3-5-15/h1-11H,12-13H2,(H2,22,26)(H,23,24). The van der Waals surface area contributed by atoms with Gasteiger partial charge in [0.15, 0.2) is 6.61 Å². The first-order chi connectivity index (χ1) is 13.5. The fourth-order valence-electron chi connectivity index (χ4n) is 2.57. The molecule has 6 nitrogen and oxygen atoms in total. The summed E-state index contributed by atoms with van der Waals surface area (Å²) in [4.78, 5) is 35.1. The number of thiophene rings is 1. The summed E-state index contributed by atoms with van der Waals surface area (Å²) >= 11 is 1.17. The van der Waals surface area contributed by atoms with Gasteiger partial charge in [0.2, 0.25) is 0 Å². The molecule has 0 bridgehead atoms. The molecule has 0 unspecified atom stereocenters. The zero-order valence-electron chi connectivity index (χ0n) is 14.9. The lowest BCUT2D eigenvalue weighted by Gasteiger charge is -2.07. The molecule has 2 amide bonds. The average Bonchev–Trinajstić information content (AvgIpc) is 3.16. The van der Waals surface area contributed by atoms with Crippen LogP contribution in [0.15, 0.2) is 66.0 Å². The Morgan fingerprint density at radius 3 is 2.29 bits per heavy atom. The second kappa shape index (κ2) is 8.96. The smallest absolute Gasteiger partial charge is 0.310 e. The van der Waals surface area contributed by atoms with Gasteiger partial charge in [0, 0.05) is 0 Å². The molecule has 0 radical (unpaired) electrons. The number of esters is 1. The molecule has 3 rings (SSSR count). The van der Waals surface area contributed by atoms with E-state index in [0.717, 1.165) is 16.7 Å². The van der Waals surface area contributed by atoms with Gasteiger partial charge in [-0.15, -0.1) is 11.3 Å². The molecule has 0 spiro atoms. The van der Waals surface area contributed by atoms with Gasteiger partial charge in [-0.3, -0.25) is 14.4 Å². The molecule has 0 saturated carbocycles. The van der Waals surface area contributed by atoms with E-state index in [0.29, 0.717) is 5.00 Å². The quantitative estimate of drug-likeness (QED) is 0.601. The molecule has 7 heteroatoms. The number of nitrogens with one attached hydrogen (secondary N) is 1. The van der Waals surface area contributed by atoms with Crippen molar-refractivity contribution in [3.8, 4) is 11.1 Å². The lowest BCUT2D eigenvalue weighted by molar-refractivity contribution is -0.146. The third-order valence-corrected chi connectivity index (χ3v) is 4.79. The summed E-state index contributed by atoms with van der Waals surface area (Å²) in [6.45, 7) is -0.433. The second-order valence-corrected chi connectivity index (χ2v) is 6.89. The van der Waals surface area contributed by atoms with E-state index in [1.807, 2.05) is 54.6 Å². The number of ether oxygens (including phenoxy) is 1. The van der Waals surface area contributed by atoms with Crippen LogP contribution in [-0.4, -0.2) is 24.4 Å². The van der Waals surface area contributed by atoms with E-state index < -0.39 is 24.4 Å². The number of hydrogen-bond donors (Lipinski definition) is 2. The van der Waals surface area contributed by atoms with E-state index in [1.54, 1.807) is 5.38 Å². The Bertz CT molecular complexity index is 981. The third kappa shape index (κ3) is 5.05. The van der Waals surface area contributed by atoms with Crippen LogP contribution in [0.3, 0.4) is 0 Å². The highest BCUT2D eigenvalue weighted by atomic mass is 32.1. The van der Waals surface area contributed by atoms with E-state index in [9.17, 15) is 14.4 Å². The van der Waals surface area contributed by atoms with Crippen molar-refractivity contribution in [1.82, 2.24) is 0 Å². The van der Waals surface area contributed by atoms with E-state index in [2.05, 4.69) is 5.32 Å². The van der Waals surface area contributed by atoms with Gasteiger partial charge in [0.25, 0.3) is 11.8 Å². The molecule has 1 heterocycles. The molecule has 1 aromatic heterocycles. The minimum Gasteiger partial charge on any atom is -0.455 e. The molecule has 0 fully saturated rings. The van der Waals surface area contributed by atoms with Crippen LogP contribution in [-0.2, 0) is 20.7 Å². The van der Waals surface area contributed by atoms with Crippen molar-refractivity contribution in [2.24, 2.45) is 5.73 Å². The molecule has 0 aliphatic heterocycles. The summed E-state index contributed by atoms with van der Waals surface area (Å²) in [6, 6.07) is 19.0. The van der Waals surface area contributed by atoms with E-state index in [1.165, 1.54) is 17.4 Å². The summed E-state index contributed by atoms with van der Waals surface area (Å²) in [6.07, 6.45) is 0.0634. The van der Waals surface area contributed by atoms with Crippen molar-refractivity contribution in [3.63, 3.8) is 0 Å². The number of carbonyl (C=O) groups is 3.